The van der Waals surface area contributed by atoms with Crippen molar-refractivity contribution in [2.75, 3.05) is 0 Å². The summed E-state index contributed by atoms with van der Waals surface area (Å²) in [5.41, 5.74) is 5.99. The van der Waals surface area contributed by atoms with Gasteiger partial charge in [0.15, 0.2) is 17.5 Å². The van der Waals surface area contributed by atoms with E-state index in [9.17, 15) is 0 Å². The van der Waals surface area contributed by atoms with Crippen molar-refractivity contribution in [2.24, 2.45) is 0 Å². The summed E-state index contributed by atoms with van der Waals surface area (Å²) in [7, 11) is 0. The average Bonchev–Trinajstić information content (AvgIpc) is 3.85. The van der Waals surface area contributed by atoms with Crippen molar-refractivity contribution < 1.29 is 8.83 Å². The molecule has 0 radical (unpaired) electrons. The molecule has 6 heteroatoms. The number of para-hydroxylation sites is 2. The highest BCUT2D eigenvalue weighted by Gasteiger charge is 2.21. The molecule has 0 fully saturated rings. The summed E-state index contributed by atoms with van der Waals surface area (Å²) >= 11 is 1.81. The number of thiophene rings is 1. The predicted octanol–water partition coefficient (Wildman–Crippen LogP) is 12.2. The van der Waals surface area contributed by atoms with Gasteiger partial charge in [0.25, 0.3) is 0 Å². The molecule has 228 valence electrons. The van der Waals surface area contributed by atoms with Crippen molar-refractivity contribution >= 4 is 86.2 Å². The summed E-state index contributed by atoms with van der Waals surface area (Å²) in [6.07, 6.45) is 0. The molecule has 11 aromatic rings. The van der Waals surface area contributed by atoms with Crippen LogP contribution in [0, 0.1) is 0 Å². The molecule has 0 aliphatic rings. The van der Waals surface area contributed by atoms with Gasteiger partial charge < -0.3 is 8.83 Å². The van der Waals surface area contributed by atoms with Crippen molar-refractivity contribution in [3.63, 3.8) is 0 Å². The Labute approximate surface area is 282 Å². The van der Waals surface area contributed by atoms with Crippen LogP contribution in [0.15, 0.2) is 148 Å². The van der Waals surface area contributed by atoms with Crippen molar-refractivity contribution in [1.29, 1.82) is 0 Å². The fraction of sp³-hybridized carbons (Fsp3) is 0. The van der Waals surface area contributed by atoms with Crippen LogP contribution >= 0.6 is 11.3 Å². The fourth-order valence-electron chi connectivity index (χ4n) is 7.31. The highest BCUT2D eigenvalue weighted by molar-refractivity contribution is 7.26. The number of fused-ring (bicyclic) bond motifs is 11. The second-order valence-corrected chi connectivity index (χ2v) is 13.4. The lowest BCUT2D eigenvalue weighted by Crippen LogP contribution is -2.00. The third-order valence-corrected chi connectivity index (χ3v) is 10.7. The number of furan rings is 2. The second-order valence-electron chi connectivity index (χ2n) is 12.3. The quantitative estimate of drug-likeness (QED) is 0.191. The molecule has 7 aromatic carbocycles. The molecule has 0 saturated carbocycles. The molecule has 0 N–H and O–H groups in total. The normalized spacial score (nSPS) is 12.1. The number of aromatic nitrogens is 3. The molecule has 0 saturated heterocycles. The van der Waals surface area contributed by atoms with E-state index >= 15 is 0 Å². The molecule has 0 bridgehead atoms. The van der Waals surface area contributed by atoms with Crippen molar-refractivity contribution in [3.05, 3.63) is 140 Å². The Morgan fingerprint density at radius 1 is 0.408 bits per heavy atom. The van der Waals surface area contributed by atoms with Gasteiger partial charge in [-0.2, -0.15) is 0 Å². The molecule has 5 nitrogen and oxygen atoms in total. The second kappa shape index (κ2) is 10.1. The molecular weight excluding hydrogens is 623 g/mol. The van der Waals surface area contributed by atoms with Gasteiger partial charge in [-0.3, -0.25) is 0 Å². The van der Waals surface area contributed by atoms with E-state index < -0.39 is 0 Å². The van der Waals surface area contributed by atoms with Crippen LogP contribution in [-0.4, -0.2) is 15.0 Å². The van der Waals surface area contributed by atoms with Crippen LogP contribution in [0.3, 0.4) is 0 Å². The summed E-state index contributed by atoms with van der Waals surface area (Å²) in [6, 6.07) is 48.0. The van der Waals surface area contributed by atoms with E-state index in [0.29, 0.717) is 17.5 Å². The zero-order valence-electron chi connectivity index (χ0n) is 25.8. The summed E-state index contributed by atoms with van der Waals surface area (Å²) in [4.78, 5) is 15.6. The number of hydrogen-bond acceptors (Lipinski definition) is 6. The maximum atomic E-state index is 6.29. The van der Waals surface area contributed by atoms with Gasteiger partial charge in [-0.1, -0.05) is 103 Å². The van der Waals surface area contributed by atoms with Gasteiger partial charge in [0, 0.05) is 58.4 Å². The Morgan fingerprint density at radius 2 is 1.02 bits per heavy atom. The molecule has 0 spiro atoms. The number of hydrogen-bond donors (Lipinski definition) is 0. The Balaban J connectivity index is 1.21. The van der Waals surface area contributed by atoms with Crippen molar-refractivity contribution in [2.45, 2.75) is 0 Å². The zero-order chi connectivity index (χ0) is 32.1. The van der Waals surface area contributed by atoms with Crippen LogP contribution in [-0.2, 0) is 0 Å². The molecule has 0 aliphatic carbocycles. The van der Waals surface area contributed by atoms with Gasteiger partial charge in [0.05, 0.1) is 0 Å². The van der Waals surface area contributed by atoms with Crippen LogP contribution in [0.1, 0.15) is 0 Å². The standard InChI is InChI=1S/C43H23N3O2S/c1-2-10-26-24(9-1)19-22-30-39-32(14-8-18-37(39)49-40(26)30)43-45-41(25-20-21-28-27-11-3-5-15-33(27)48-36(28)23-25)44-42(46-43)31-13-7-17-35-38(31)29-12-4-6-16-34(29)47-35/h1-23H. The van der Waals surface area contributed by atoms with Gasteiger partial charge in [0.2, 0.25) is 0 Å². The first kappa shape index (κ1) is 26.7. The Hall–Kier alpha value is -6.37. The lowest BCUT2D eigenvalue weighted by Gasteiger charge is -2.10. The Bertz CT molecular complexity index is 3130. The predicted molar refractivity (Wildman–Crippen MR) is 201 cm³/mol. The fourth-order valence-corrected chi connectivity index (χ4v) is 8.58. The number of nitrogens with zero attached hydrogens (tertiary/aromatic N) is 3. The highest BCUT2D eigenvalue weighted by Crippen LogP contribution is 2.43. The van der Waals surface area contributed by atoms with Crippen molar-refractivity contribution in [1.82, 2.24) is 15.0 Å². The first-order chi connectivity index (χ1) is 24.3. The first-order valence-corrected chi connectivity index (χ1v) is 17.0. The molecule has 4 heterocycles. The van der Waals surface area contributed by atoms with Gasteiger partial charge in [0.1, 0.15) is 22.3 Å². The van der Waals surface area contributed by atoms with Gasteiger partial charge in [-0.25, -0.2) is 15.0 Å². The van der Waals surface area contributed by atoms with Gasteiger partial charge in [-0.05, 0) is 47.2 Å². The SMILES string of the molecule is c1ccc2c(c1)ccc1c2sc2cccc(-c3nc(-c4ccc5c(c4)oc4ccccc45)nc(-c4cccc5oc6ccccc6c45)n3)c21. The van der Waals surface area contributed by atoms with E-state index in [-0.39, 0.29) is 0 Å². The van der Waals surface area contributed by atoms with Crippen molar-refractivity contribution in [3.8, 4) is 34.2 Å². The summed E-state index contributed by atoms with van der Waals surface area (Å²) in [5, 5.41) is 8.99. The third-order valence-electron chi connectivity index (χ3n) is 9.54. The van der Waals surface area contributed by atoms with Crippen LogP contribution in [0.4, 0.5) is 0 Å². The molecule has 0 unspecified atom stereocenters. The number of rotatable bonds is 3. The zero-order valence-corrected chi connectivity index (χ0v) is 26.7. The van der Waals surface area contributed by atoms with E-state index in [0.717, 1.165) is 66.0 Å². The Kier molecular flexibility index (Phi) is 5.48. The smallest absolute Gasteiger partial charge is 0.164 e. The molecule has 4 aromatic heterocycles. The maximum Gasteiger partial charge on any atom is 0.164 e. The van der Waals surface area contributed by atoms with E-state index in [2.05, 4.69) is 84.9 Å². The first-order valence-electron chi connectivity index (χ1n) is 16.2. The van der Waals surface area contributed by atoms with Crippen LogP contribution in [0.2, 0.25) is 0 Å². The van der Waals surface area contributed by atoms with Crippen LogP contribution in [0.5, 0.6) is 0 Å². The lowest BCUT2D eigenvalue weighted by atomic mass is 10.0. The minimum atomic E-state index is 0.578. The minimum Gasteiger partial charge on any atom is -0.456 e. The highest BCUT2D eigenvalue weighted by atomic mass is 32.1. The minimum absolute atomic E-state index is 0.578. The van der Waals surface area contributed by atoms with E-state index in [1.807, 2.05) is 65.9 Å². The summed E-state index contributed by atoms with van der Waals surface area (Å²) < 4.78 is 15.0. The molecule has 0 atom stereocenters. The van der Waals surface area contributed by atoms with E-state index in [1.54, 1.807) is 0 Å². The van der Waals surface area contributed by atoms with E-state index in [4.69, 9.17) is 23.8 Å². The molecular formula is C43H23N3O2S. The van der Waals surface area contributed by atoms with Gasteiger partial charge >= 0.3 is 0 Å². The number of benzene rings is 7. The van der Waals surface area contributed by atoms with Gasteiger partial charge in [-0.15, -0.1) is 11.3 Å². The largest absolute Gasteiger partial charge is 0.456 e. The lowest BCUT2D eigenvalue weighted by molar-refractivity contribution is 0.668. The molecule has 11 rings (SSSR count). The summed E-state index contributed by atoms with van der Waals surface area (Å²) in [6.45, 7) is 0. The van der Waals surface area contributed by atoms with Crippen LogP contribution in [0.25, 0.3) is 109 Å². The third kappa shape index (κ3) is 3.95. The summed E-state index contributed by atoms with van der Waals surface area (Å²) in [5.74, 6) is 1.78. The molecule has 49 heavy (non-hydrogen) atoms. The molecule has 0 amide bonds. The van der Waals surface area contributed by atoms with Crippen LogP contribution < -0.4 is 0 Å². The maximum absolute atomic E-state index is 6.29. The average molecular weight is 646 g/mol. The topological polar surface area (TPSA) is 65.0 Å². The molecule has 0 aliphatic heterocycles. The monoisotopic (exact) mass is 645 g/mol. The van der Waals surface area contributed by atoms with E-state index in [1.165, 1.54) is 25.6 Å². The Morgan fingerprint density at radius 3 is 1.88 bits per heavy atom.